The number of ketones is 1. The molecule has 1 aromatic carbocycles. The second kappa shape index (κ2) is 5.80. The molecule has 3 nitrogen and oxygen atoms in total. The first-order chi connectivity index (χ1) is 8.40. The minimum atomic E-state index is -1.09. The van der Waals surface area contributed by atoms with Crippen LogP contribution in [0.3, 0.4) is 0 Å². The summed E-state index contributed by atoms with van der Waals surface area (Å²) in [7, 11) is 0. The van der Waals surface area contributed by atoms with E-state index in [-0.39, 0.29) is 12.4 Å². The van der Waals surface area contributed by atoms with E-state index >= 15 is 0 Å². The Bertz CT molecular complexity index is 434. The molecule has 0 N–H and O–H groups in total. The lowest BCUT2D eigenvalue weighted by Gasteiger charge is -2.24. The predicted molar refractivity (Wildman–Crippen MR) is 70.3 cm³/mol. The molecule has 98 valence electrons. The van der Waals surface area contributed by atoms with Gasteiger partial charge in [-0.2, -0.15) is 0 Å². The summed E-state index contributed by atoms with van der Waals surface area (Å²) in [6.07, 6.45) is 0.376. The number of hydrogen-bond donors (Lipinski definition) is 0. The van der Waals surface area contributed by atoms with Crippen molar-refractivity contribution >= 4 is 11.8 Å². The summed E-state index contributed by atoms with van der Waals surface area (Å²) in [5.41, 5.74) is 1.02. The van der Waals surface area contributed by atoms with Crippen LogP contribution in [0.4, 0.5) is 0 Å². The van der Waals surface area contributed by atoms with E-state index in [9.17, 15) is 9.59 Å². The molecular weight excluding hydrogens is 228 g/mol. The van der Waals surface area contributed by atoms with Crippen molar-refractivity contribution in [2.75, 3.05) is 6.61 Å². The zero-order chi connectivity index (χ0) is 13.8. The van der Waals surface area contributed by atoms with Crippen LogP contribution < -0.4 is 0 Å². The fraction of sp³-hybridized carbons (Fsp3) is 0.467. The maximum Gasteiger partial charge on any atom is 0.319 e. The molecule has 0 spiro atoms. The van der Waals surface area contributed by atoms with Crippen LogP contribution in [0.25, 0.3) is 0 Å². The molecule has 1 atom stereocenters. The lowest BCUT2D eigenvalue weighted by Crippen LogP contribution is -2.38. The van der Waals surface area contributed by atoms with E-state index in [1.807, 2.05) is 31.2 Å². The average molecular weight is 248 g/mol. The van der Waals surface area contributed by atoms with E-state index in [2.05, 4.69) is 0 Å². The van der Waals surface area contributed by atoms with Crippen LogP contribution in [0.15, 0.2) is 24.3 Å². The first-order valence-corrected chi connectivity index (χ1v) is 6.14. The molecule has 1 unspecified atom stereocenters. The summed E-state index contributed by atoms with van der Waals surface area (Å²) >= 11 is 0. The van der Waals surface area contributed by atoms with Crippen molar-refractivity contribution in [2.24, 2.45) is 5.41 Å². The van der Waals surface area contributed by atoms with Crippen molar-refractivity contribution in [3.8, 4) is 0 Å². The van der Waals surface area contributed by atoms with Gasteiger partial charge in [0.15, 0.2) is 0 Å². The van der Waals surface area contributed by atoms with E-state index in [0.29, 0.717) is 6.42 Å². The van der Waals surface area contributed by atoms with Crippen molar-refractivity contribution in [2.45, 2.75) is 34.1 Å². The monoisotopic (exact) mass is 248 g/mol. The van der Waals surface area contributed by atoms with Gasteiger partial charge in [-0.15, -0.1) is 0 Å². The molecule has 0 fully saturated rings. The molecule has 0 saturated carbocycles. The third-order valence-corrected chi connectivity index (χ3v) is 3.18. The van der Waals surface area contributed by atoms with Gasteiger partial charge in [0.05, 0.1) is 6.61 Å². The van der Waals surface area contributed by atoms with Crippen molar-refractivity contribution in [3.63, 3.8) is 0 Å². The van der Waals surface area contributed by atoms with Crippen molar-refractivity contribution in [1.82, 2.24) is 0 Å². The van der Waals surface area contributed by atoms with E-state index in [1.54, 1.807) is 13.8 Å². The van der Waals surface area contributed by atoms with Crippen LogP contribution in [-0.2, 0) is 20.7 Å². The predicted octanol–water partition coefficient (Wildman–Crippen LogP) is 2.70. The Balaban J connectivity index is 2.96. The maximum absolute atomic E-state index is 11.9. The molecule has 0 bridgehead atoms. The van der Waals surface area contributed by atoms with E-state index in [0.717, 1.165) is 11.1 Å². The second-order valence-electron chi connectivity index (χ2n) is 4.77. The third-order valence-electron chi connectivity index (χ3n) is 3.18. The van der Waals surface area contributed by atoms with E-state index < -0.39 is 11.4 Å². The highest BCUT2D eigenvalue weighted by atomic mass is 16.5. The molecule has 0 saturated heterocycles. The molecule has 0 heterocycles. The number of rotatable bonds is 5. The number of benzene rings is 1. The standard InChI is InChI=1S/C15H20O3/c1-5-18-14(17)15(4,12(3)16)10-13-8-6-11(2)7-9-13/h6-9H,5,10H2,1-4H3. The SMILES string of the molecule is CCOC(=O)C(C)(Cc1ccc(C)cc1)C(C)=O. The molecule has 3 heteroatoms. The zero-order valence-corrected chi connectivity index (χ0v) is 11.4. The average Bonchev–Trinajstić information content (AvgIpc) is 2.32. The largest absolute Gasteiger partial charge is 0.465 e. The smallest absolute Gasteiger partial charge is 0.319 e. The third kappa shape index (κ3) is 3.19. The second-order valence-corrected chi connectivity index (χ2v) is 4.77. The molecular formula is C15H20O3. The number of Topliss-reactive ketones (excluding diaryl/α,β-unsaturated/α-hetero) is 1. The molecule has 1 rings (SSSR count). The zero-order valence-electron chi connectivity index (χ0n) is 11.4. The minimum absolute atomic E-state index is 0.165. The highest BCUT2D eigenvalue weighted by molar-refractivity contribution is 6.02. The molecule has 0 aliphatic heterocycles. The Morgan fingerprint density at radius 2 is 1.78 bits per heavy atom. The molecule has 1 aromatic rings. The minimum Gasteiger partial charge on any atom is -0.465 e. The summed E-state index contributed by atoms with van der Waals surface area (Å²) in [5, 5.41) is 0. The van der Waals surface area contributed by atoms with Crippen LogP contribution in [0.1, 0.15) is 31.9 Å². The van der Waals surface area contributed by atoms with Crippen LogP contribution >= 0.6 is 0 Å². The Labute approximate surface area is 108 Å². The summed E-state index contributed by atoms with van der Waals surface area (Å²) in [4.78, 5) is 23.7. The van der Waals surface area contributed by atoms with Gasteiger partial charge in [-0.3, -0.25) is 9.59 Å². The number of hydrogen-bond acceptors (Lipinski definition) is 3. The molecule has 0 aromatic heterocycles. The van der Waals surface area contributed by atoms with Gasteiger partial charge in [0.2, 0.25) is 0 Å². The van der Waals surface area contributed by atoms with Crippen LogP contribution in [0.5, 0.6) is 0 Å². The van der Waals surface area contributed by atoms with Gasteiger partial charge < -0.3 is 4.74 Å². The lowest BCUT2D eigenvalue weighted by molar-refractivity contribution is -0.158. The Kier molecular flexibility index (Phi) is 4.65. The molecule has 18 heavy (non-hydrogen) atoms. The van der Waals surface area contributed by atoms with Gasteiger partial charge in [-0.1, -0.05) is 29.8 Å². The first kappa shape index (κ1) is 14.4. The van der Waals surface area contributed by atoms with Crippen LogP contribution in [0.2, 0.25) is 0 Å². The van der Waals surface area contributed by atoms with Gasteiger partial charge in [0.1, 0.15) is 11.2 Å². The maximum atomic E-state index is 11.9. The summed E-state index contributed by atoms with van der Waals surface area (Å²) < 4.78 is 5.00. The summed E-state index contributed by atoms with van der Waals surface area (Å²) in [6.45, 7) is 7.11. The number of esters is 1. The van der Waals surface area contributed by atoms with Crippen molar-refractivity contribution in [3.05, 3.63) is 35.4 Å². The van der Waals surface area contributed by atoms with E-state index in [1.165, 1.54) is 6.92 Å². The summed E-state index contributed by atoms with van der Waals surface area (Å²) in [6, 6.07) is 7.83. The quantitative estimate of drug-likeness (QED) is 0.594. The number of ether oxygens (including phenoxy) is 1. The van der Waals surface area contributed by atoms with Gasteiger partial charge >= 0.3 is 5.97 Å². The molecule has 0 amide bonds. The normalized spacial score (nSPS) is 13.8. The van der Waals surface area contributed by atoms with E-state index in [4.69, 9.17) is 4.74 Å². The molecule has 0 aliphatic rings. The Hall–Kier alpha value is -1.64. The van der Waals surface area contributed by atoms with Crippen LogP contribution in [-0.4, -0.2) is 18.4 Å². The fourth-order valence-electron chi connectivity index (χ4n) is 1.74. The van der Waals surface area contributed by atoms with Crippen LogP contribution in [0, 0.1) is 12.3 Å². The number of carbonyl (C=O) groups excluding carboxylic acids is 2. The number of carbonyl (C=O) groups is 2. The Morgan fingerprint density at radius 1 is 1.22 bits per heavy atom. The summed E-state index contributed by atoms with van der Waals surface area (Å²) in [5.74, 6) is -0.611. The fourth-order valence-corrected chi connectivity index (χ4v) is 1.74. The van der Waals surface area contributed by atoms with Crippen molar-refractivity contribution in [1.29, 1.82) is 0 Å². The highest BCUT2D eigenvalue weighted by Crippen LogP contribution is 2.26. The topological polar surface area (TPSA) is 43.4 Å². The highest BCUT2D eigenvalue weighted by Gasteiger charge is 2.39. The molecule has 0 radical (unpaired) electrons. The van der Waals surface area contributed by atoms with Crippen molar-refractivity contribution < 1.29 is 14.3 Å². The van der Waals surface area contributed by atoms with Gasteiger partial charge in [-0.25, -0.2) is 0 Å². The van der Waals surface area contributed by atoms with Gasteiger partial charge in [0, 0.05) is 0 Å². The molecule has 0 aliphatic carbocycles. The van der Waals surface area contributed by atoms with Gasteiger partial charge in [0.25, 0.3) is 0 Å². The Morgan fingerprint density at radius 3 is 2.22 bits per heavy atom. The first-order valence-electron chi connectivity index (χ1n) is 6.14. The van der Waals surface area contributed by atoms with Gasteiger partial charge in [-0.05, 0) is 39.7 Å². The number of aryl methyl sites for hydroxylation is 1. The lowest BCUT2D eigenvalue weighted by atomic mass is 9.80.